The number of carbonyl (C=O) groups is 2. The molecule has 2 aromatic heterocycles. The van der Waals surface area contributed by atoms with Crippen LogP contribution in [0.3, 0.4) is 0 Å². The van der Waals surface area contributed by atoms with Gasteiger partial charge in [-0.25, -0.2) is 4.79 Å². The lowest BCUT2D eigenvalue weighted by Gasteiger charge is -2.10. The van der Waals surface area contributed by atoms with Crippen molar-refractivity contribution >= 4 is 23.4 Å². The predicted octanol–water partition coefficient (Wildman–Crippen LogP) is 2.33. The summed E-state index contributed by atoms with van der Waals surface area (Å²) in [6.07, 6.45) is 3.32. The highest BCUT2D eigenvalue weighted by Gasteiger charge is 2.12. The van der Waals surface area contributed by atoms with Crippen molar-refractivity contribution < 1.29 is 14.3 Å². The van der Waals surface area contributed by atoms with Crippen LogP contribution in [0.1, 0.15) is 26.4 Å². The molecular weight excluding hydrogens is 346 g/mol. The van der Waals surface area contributed by atoms with Gasteiger partial charge in [0.25, 0.3) is 5.91 Å². The average Bonchev–Trinajstić information content (AvgIpc) is 2.73. The summed E-state index contributed by atoms with van der Waals surface area (Å²) in [6.45, 7) is 0.371. The maximum absolute atomic E-state index is 12.2. The van der Waals surface area contributed by atoms with Gasteiger partial charge < -0.3 is 15.4 Å². The van der Waals surface area contributed by atoms with Crippen molar-refractivity contribution in [3.8, 4) is 0 Å². The molecule has 0 radical (unpaired) electrons. The van der Waals surface area contributed by atoms with E-state index in [1.165, 1.54) is 7.11 Å². The number of aromatic nitrogens is 3. The third kappa shape index (κ3) is 4.63. The number of esters is 1. The SMILES string of the molecule is COC(=O)c1ccccc1Nc1ccc(C(=O)NCc2ccncc2)nn1. The van der Waals surface area contributed by atoms with Gasteiger partial charge in [-0.1, -0.05) is 12.1 Å². The van der Waals surface area contributed by atoms with Crippen molar-refractivity contribution in [1.29, 1.82) is 0 Å². The van der Waals surface area contributed by atoms with Crippen LogP contribution in [0.15, 0.2) is 60.9 Å². The van der Waals surface area contributed by atoms with Gasteiger partial charge in [0.15, 0.2) is 11.5 Å². The standard InChI is InChI=1S/C19H17N5O3/c1-27-19(26)14-4-2-3-5-15(14)22-17-7-6-16(23-24-17)18(25)21-12-13-8-10-20-11-9-13/h2-11H,12H2,1H3,(H,21,25)(H,22,24). The first kappa shape index (κ1) is 18.0. The Balaban J connectivity index is 1.65. The van der Waals surface area contributed by atoms with Gasteiger partial charge in [0.1, 0.15) is 0 Å². The normalized spacial score (nSPS) is 10.1. The Bertz CT molecular complexity index is 930. The molecule has 0 unspecified atom stereocenters. The molecular formula is C19H17N5O3. The fourth-order valence-corrected chi connectivity index (χ4v) is 2.31. The molecule has 1 amide bonds. The molecule has 27 heavy (non-hydrogen) atoms. The van der Waals surface area contributed by atoms with E-state index in [9.17, 15) is 9.59 Å². The molecule has 0 atom stereocenters. The summed E-state index contributed by atoms with van der Waals surface area (Å²) >= 11 is 0. The summed E-state index contributed by atoms with van der Waals surface area (Å²) < 4.78 is 4.76. The molecule has 0 bridgehead atoms. The summed E-state index contributed by atoms with van der Waals surface area (Å²) in [5.74, 6) is -0.393. The third-order valence-corrected chi connectivity index (χ3v) is 3.69. The number of carbonyl (C=O) groups excluding carboxylic acids is 2. The molecule has 8 heteroatoms. The van der Waals surface area contributed by atoms with E-state index < -0.39 is 5.97 Å². The lowest BCUT2D eigenvalue weighted by Crippen LogP contribution is -2.24. The molecule has 0 aliphatic carbocycles. The molecule has 0 spiro atoms. The Morgan fingerprint density at radius 2 is 1.78 bits per heavy atom. The van der Waals surface area contributed by atoms with Gasteiger partial charge >= 0.3 is 5.97 Å². The minimum Gasteiger partial charge on any atom is -0.465 e. The van der Waals surface area contributed by atoms with Gasteiger partial charge in [-0.3, -0.25) is 9.78 Å². The first-order valence-electron chi connectivity index (χ1n) is 8.12. The van der Waals surface area contributed by atoms with E-state index in [0.717, 1.165) is 5.56 Å². The van der Waals surface area contributed by atoms with Crippen LogP contribution in [0.5, 0.6) is 0 Å². The molecule has 2 N–H and O–H groups in total. The van der Waals surface area contributed by atoms with Gasteiger partial charge in [0, 0.05) is 18.9 Å². The average molecular weight is 363 g/mol. The Morgan fingerprint density at radius 1 is 1.00 bits per heavy atom. The lowest BCUT2D eigenvalue weighted by atomic mass is 10.2. The molecule has 136 valence electrons. The highest BCUT2D eigenvalue weighted by molar-refractivity contribution is 5.96. The van der Waals surface area contributed by atoms with Crippen LogP contribution < -0.4 is 10.6 Å². The van der Waals surface area contributed by atoms with Gasteiger partial charge in [-0.05, 0) is 42.0 Å². The maximum Gasteiger partial charge on any atom is 0.339 e. The smallest absolute Gasteiger partial charge is 0.339 e. The Hall–Kier alpha value is -3.81. The number of methoxy groups -OCH3 is 1. The van der Waals surface area contributed by atoms with Crippen LogP contribution >= 0.6 is 0 Å². The first-order chi connectivity index (χ1) is 13.2. The number of anilines is 2. The summed E-state index contributed by atoms with van der Waals surface area (Å²) in [7, 11) is 1.32. The van der Waals surface area contributed by atoms with Crippen LogP contribution in [0, 0.1) is 0 Å². The molecule has 0 saturated carbocycles. The number of ether oxygens (including phenoxy) is 1. The second-order valence-electron chi connectivity index (χ2n) is 5.50. The van der Waals surface area contributed by atoms with Gasteiger partial charge in [0.05, 0.1) is 18.4 Å². The highest BCUT2D eigenvalue weighted by Crippen LogP contribution is 2.20. The van der Waals surface area contributed by atoms with E-state index in [2.05, 4.69) is 25.8 Å². The van der Waals surface area contributed by atoms with Crippen molar-refractivity contribution in [2.45, 2.75) is 6.54 Å². The monoisotopic (exact) mass is 363 g/mol. The fourth-order valence-electron chi connectivity index (χ4n) is 2.31. The number of para-hydroxylation sites is 1. The quantitative estimate of drug-likeness (QED) is 0.647. The molecule has 0 aliphatic rings. The first-order valence-corrected chi connectivity index (χ1v) is 8.12. The summed E-state index contributed by atoms with van der Waals surface area (Å²) in [5.41, 5.74) is 2.04. The van der Waals surface area contributed by atoms with Crippen molar-refractivity contribution in [3.63, 3.8) is 0 Å². The minimum atomic E-state index is -0.460. The molecule has 3 aromatic rings. The fraction of sp³-hybridized carbons (Fsp3) is 0.105. The molecule has 0 aliphatic heterocycles. The van der Waals surface area contributed by atoms with Crippen molar-refractivity contribution in [2.24, 2.45) is 0 Å². The minimum absolute atomic E-state index is 0.191. The number of amides is 1. The van der Waals surface area contributed by atoms with E-state index in [4.69, 9.17) is 4.74 Å². The highest BCUT2D eigenvalue weighted by atomic mass is 16.5. The molecule has 2 heterocycles. The molecule has 3 rings (SSSR count). The summed E-state index contributed by atoms with van der Waals surface area (Å²) in [6, 6.07) is 13.7. The Morgan fingerprint density at radius 3 is 2.48 bits per heavy atom. The summed E-state index contributed by atoms with van der Waals surface area (Å²) in [5, 5.41) is 13.7. The summed E-state index contributed by atoms with van der Waals surface area (Å²) in [4.78, 5) is 27.9. The molecule has 0 saturated heterocycles. The Labute approximate surface area is 155 Å². The van der Waals surface area contributed by atoms with Crippen LogP contribution in [0.2, 0.25) is 0 Å². The van der Waals surface area contributed by atoms with Crippen molar-refractivity contribution in [2.75, 3.05) is 12.4 Å². The lowest BCUT2D eigenvalue weighted by molar-refractivity contribution is 0.0601. The van der Waals surface area contributed by atoms with Crippen LogP contribution in [0.4, 0.5) is 11.5 Å². The largest absolute Gasteiger partial charge is 0.465 e. The maximum atomic E-state index is 12.2. The zero-order chi connectivity index (χ0) is 19.1. The van der Waals surface area contributed by atoms with Gasteiger partial charge in [-0.2, -0.15) is 0 Å². The van der Waals surface area contributed by atoms with E-state index >= 15 is 0 Å². The number of hydrogen-bond donors (Lipinski definition) is 2. The third-order valence-electron chi connectivity index (χ3n) is 3.69. The number of nitrogens with zero attached hydrogens (tertiary/aromatic N) is 3. The van der Waals surface area contributed by atoms with E-state index in [1.807, 2.05) is 12.1 Å². The number of nitrogens with one attached hydrogen (secondary N) is 2. The second-order valence-corrected chi connectivity index (χ2v) is 5.50. The van der Waals surface area contributed by atoms with Crippen LogP contribution in [-0.2, 0) is 11.3 Å². The molecule has 1 aromatic carbocycles. The van der Waals surface area contributed by atoms with Crippen LogP contribution in [-0.4, -0.2) is 34.2 Å². The van der Waals surface area contributed by atoms with E-state index in [-0.39, 0.29) is 11.6 Å². The van der Waals surface area contributed by atoms with Crippen LogP contribution in [0.25, 0.3) is 0 Å². The molecule has 8 nitrogen and oxygen atoms in total. The number of rotatable bonds is 6. The zero-order valence-corrected chi connectivity index (χ0v) is 14.5. The van der Waals surface area contributed by atoms with Gasteiger partial charge in [0.2, 0.25) is 0 Å². The predicted molar refractivity (Wildman–Crippen MR) is 98.5 cm³/mol. The Kier molecular flexibility index (Phi) is 5.68. The second kappa shape index (κ2) is 8.52. The van der Waals surface area contributed by atoms with E-state index in [0.29, 0.717) is 23.6 Å². The zero-order valence-electron chi connectivity index (χ0n) is 14.5. The van der Waals surface area contributed by atoms with E-state index in [1.54, 1.807) is 48.8 Å². The number of benzene rings is 1. The number of pyridine rings is 1. The van der Waals surface area contributed by atoms with Gasteiger partial charge in [-0.15, -0.1) is 10.2 Å². The molecule has 0 fully saturated rings. The van der Waals surface area contributed by atoms with Crippen molar-refractivity contribution in [1.82, 2.24) is 20.5 Å². The van der Waals surface area contributed by atoms with Crippen molar-refractivity contribution in [3.05, 3.63) is 77.7 Å². The topological polar surface area (TPSA) is 106 Å². The number of hydrogen-bond acceptors (Lipinski definition) is 7.